The summed E-state index contributed by atoms with van der Waals surface area (Å²) in [7, 11) is 0. The van der Waals surface area contributed by atoms with E-state index in [2.05, 4.69) is 5.32 Å². The van der Waals surface area contributed by atoms with Gasteiger partial charge in [0.1, 0.15) is 6.54 Å². The van der Waals surface area contributed by atoms with Gasteiger partial charge in [-0.05, 0) is 13.0 Å². The zero-order valence-corrected chi connectivity index (χ0v) is 12.5. The minimum absolute atomic E-state index is 0.152. The van der Waals surface area contributed by atoms with Crippen molar-refractivity contribution in [3.8, 4) is 0 Å². The molecule has 2 aromatic rings. The molecule has 1 amide bonds. The summed E-state index contributed by atoms with van der Waals surface area (Å²) in [5.74, 6) is -0.638. The summed E-state index contributed by atoms with van der Waals surface area (Å²) in [6.45, 7) is 1.02. The van der Waals surface area contributed by atoms with Crippen LogP contribution < -0.4 is 10.9 Å². The van der Waals surface area contributed by atoms with Crippen LogP contribution in [0.1, 0.15) is 5.56 Å². The molecule has 0 saturated carbocycles. The summed E-state index contributed by atoms with van der Waals surface area (Å²) >= 11 is 0. The molecule has 0 radical (unpaired) electrons. The highest BCUT2D eigenvalue weighted by Gasteiger charge is 2.16. The Labute approximate surface area is 134 Å². The number of pyridine rings is 1. The minimum atomic E-state index is -0.682. The molecule has 10 nitrogen and oxygen atoms in total. The van der Waals surface area contributed by atoms with Crippen molar-refractivity contribution in [3.05, 3.63) is 72.7 Å². The summed E-state index contributed by atoms with van der Waals surface area (Å²) in [5, 5.41) is 24.1. The van der Waals surface area contributed by atoms with Crippen molar-refractivity contribution in [2.45, 2.75) is 13.5 Å². The van der Waals surface area contributed by atoms with Crippen molar-refractivity contribution in [3.63, 3.8) is 0 Å². The van der Waals surface area contributed by atoms with Gasteiger partial charge in [-0.3, -0.25) is 34.4 Å². The van der Waals surface area contributed by atoms with Gasteiger partial charge in [0.25, 0.3) is 16.9 Å². The molecule has 1 aromatic carbocycles. The Bertz CT molecular complexity index is 889. The molecule has 0 unspecified atom stereocenters. The fourth-order valence-corrected chi connectivity index (χ4v) is 2.05. The third-order valence-electron chi connectivity index (χ3n) is 3.27. The fourth-order valence-electron chi connectivity index (χ4n) is 2.05. The second-order valence-corrected chi connectivity index (χ2v) is 4.87. The first kappa shape index (κ1) is 16.8. The zero-order chi connectivity index (χ0) is 17.9. The van der Waals surface area contributed by atoms with Crippen LogP contribution in [0, 0.1) is 27.2 Å². The number of nitrogens with zero attached hydrogens (tertiary/aromatic N) is 3. The number of amides is 1. The number of nitro benzene ring substituents is 1. The van der Waals surface area contributed by atoms with Crippen molar-refractivity contribution in [1.82, 2.24) is 4.57 Å². The van der Waals surface area contributed by atoms with Crippen LogP contribution in [0.2, 0.25) is 0 Å². The van der Waals surface area contributed by atoms with E-state index < -0.39 is 27.9 Å². The molecule has 1 aromatic heterocycles. The van der Waals surface area contributed by atoms with Crippen LogP contribution in [0.4, 0.5) is 17.1 Å². The monoisotopic (exact) mass is 332 g/mol. The van der Waals surface area contributed by atoms with E-state index in [9.17, 15) is 29.8 Å². The van der Waals surface area contributed by atoms with Gasteiger partial charge in [-0.2, -0.15) is 0 Å². The maximum Gasteiger partial charge on any atom is 0.285 e. The van der Waals surface area contributed by atoms with Crippen LogP contribution in [-0.4, -0.2) is 20.3 Å². The number of aromatic nitrogens is 1. The van der Waals surface area contributed by atoms with E-state index in [-0.39, 0.29) is 22.6 Å². The lowest BCUT2D eigenvalue weighted by molar-refractivity contribution is -0.385. The molecule has 0 aliphatic heterocycles. The van der Waals surface area contributed by atoms with E-state index in [1.807, 2.05) is 0 Å². The quantitative estimate of drug-likeness (QED) is 0.652. The van der Waals surface area contributed by atoms with Crippen molar-refractivity contribution >= 4 is 23.0 Å². The van der Waals surface area contributed by atoms with Gasteiger partial charge in [0.05, 0.1) is 27.3 Å². The van der Waals surface area contributed by atoms with Crippen LogP contribution in [0.25, 0.3) is 0 Å². The van der Waals surface area contributed by atoms with E-state index in [4.69, 9.17) is 0 Å². The summed E-state index contributed by atoms with van der Waals surface area (Å²) < 4.78 is 0.889. The number of carbonyl (C=O) groups is 1. The highest BCUT2D eigenvalue weighted by Crippen LogP contribution is 2.24. The number of nitro groups is 2. The number of carbonyl (C=O) groups excluding carboxylic acids is 1. The average molecular weight is 332 g/mol. The Hall–Kier alpha value is -3.56. The van der Waals surface area contributed by atoms with Crippen LogP contribution >= 0.6 is 0 Å². The Morgan fingerprint density at radius 1 is 1.17 bits per heavy atom. The summed E-state index contributed by atoms with van der Waals surface area (Å²) in [4.78, 5) is 44.0. The lowest BCUT2D eigenvalue weighted by Crippen LogP contribution is -2.27. The molecule has 0 aliphatic rings. The summed E-state index contributed by atoms with van der Waals surface area (Å²) in [6.07, 6.45) is 0.961. The highest BCUT2D eigenvalue weighted by molar-refractivity contribution is 5.92. The molecular weight excluding hydrogens is 320 g/mol. The lowest BCUT2D eigenvalue weighted by Gasteiger charge is -2.09. The van der Waals surface area contributed by atoms with Crippen molar-refractivity contribution in [2.24, 2.45) is 0 Å². The van der Waals surface area contributed by atoms with Crippen LogP contribution in [0.5, 0.6) is 0 Å². The zero-order valence-electron chi connectivity index (χ0n) is 12.5. The van der Waals surface area contributed by atoms with Gasteiger partial charge in [-0.15, -0.1) is 0 Å². The van der Waals surface area contributed by atoms with Crippen molar-refractivity contribution < 1.29 is 14.6 Å². The van der Waals surface area contributed by atoms with Gasteiger partial charge < -0.3 is 5.32 Å². The van der Waals surface area contributed by atoms with Crippen molar-refractivity contribution in [1.29, 1.82) is 0 Å². The Kier molecular flexibility index (Phi) is 4.68. The van der Waals surface area contributed by atoms with Gasteiger partial charge in [0.15, 0.2) is 0 Å². The first-order valence-corrected chi connectivity index (χ1v) is 6.68. The van der Waals surface area contributed by atoms with Gasteiger partial charge in [0.2, 0.25) is 5.91 Å². The topological polar surface area (TPSA) is 137 Å². The second kappa shape index (κ2) is 6.69. The normalized spacial score (nSPS) is 10.2. The Morgan fingerprint density at radius 3 is 2.50 bits per heavy atom. The molecular formula is C14H12N4O6. The largest absolute Gasteiger partial charge is 0.324 e. The third kappa shape index (κ3) is 3.61. The number of rotatable bonds is 5. The van der Waals surface area contributed by atoms with E-state index in [0.29, 0.717) is 0 Å². The molecule has 0 fully saturated rings. The predicted octanol–water partition coefficient (Wildman–Crippen LogP) is 1.61. The predicted molar refractivity (Wildman–Crippen MR) is 83.8 cm³/mol. The van der Waals surface area contributed by atoms with Gasteiger partial charge in [-0.25, -0.2) is 0 Å². The molecule has 0 aliphatic carbocycles. The first-order chi connectivity index (χ1) is 11.3. The maximum absolute atomic E-state index is 12.0. The summed E-state index contributed by atoms with van der Waals surface area (Å²) in [5.41, 5.74) is -0.560. The fraction of sp³-hybridized carbons (Fsp3) is 0.143. The van der Waals surface area contributed by atoms with E-state index in [0.717, 1.165) is 22.9 Å². The standard InChI is InChI=1S/C14H12N4O6/c1-9-11(3-2-4-12(9)18(23)24)15-13(19)8-16-7-10(17(21)22)5-6-14(16)20/h2-7H,8H2,1H3,(H,15,19). The molecule has 0 spiro atoms. The number of nitrogens with one attached hydrogen (secondary N) is 1. The van der Waals surface area contributed by atoms with Crippen molar-refractivity contribution in [2.75, 3.05) is 5.32 Å². The third-order valence-corrected chi connectivity index (χ3v) is 3.27. The van der Waals surface area contributed by atoms with Gasteiger partial charge in [0, 0.05) is 18.2 Å². The number of hydrogen-bond acceptors (Lipinski definition) is 6. The average Bonchev–Trinajstić information content (AvgIpc) is 2.51. The molecule has 0 atom stereocenters. The molecule has 10 heteroatoms. The molecule has 124 valence electrons. The minimum Gasteiger partial charge on any atom is -0.324 e. The molecule has 24 heavy (non-hydrogen) atoms. The van der Waals surface area contributed by atoms with E-state index >= 15 is 0 Å². The SMILES string of the molecule is Cc1c(NC(=O)Cn2cc([N+](=O)[O-])ccc2=O)cccc1[N+](=O)[O-]. The van der Waals surface area contributed by atoms with Crippen LogP contribution in [-0.2, 0) is 11.3 Å². The molecule has 2 rings (SSSR count). The molecule has 1 N–H and O–H groups in total. The van der Waals surface area contributed by atoms with E-state index in [1.165, 1.54) is 25.1 Å². The Morgan fingerprint density at radius 2 is 1.88 bits per heavy atom. The summed E-state index contributed by atoms with van der Waals surface area (Å²) in [6, 6.07) is 6.23. The number of benzene rings is 1. The highest BCUT2D eigenvalue weighted by atomic mass is 16.6. The Balaban J connectivity index is 2.22. The molecule has 1 heterocycles. The smallest absolute Gasteiger partial charge is 0.285 e. The van der Waals surface area contributed by atoms with Crippen LogP contribution in [0.3, 0.4) is 0 Å². The van der Waals surface area contributed by atoms with Crippen LogP contribution in [0.15, 0.2) is 41.3 Å². The number of anilines is 1. The molecule has 0 bridgehead atoms. The lowest BCUT2D eigenvalue weighted by atomic mass is 10.1. The van der Waals surface area contributed by atoms with Gasteiger partial charge in [-0.1, -0.05) is 6.07 Å². The first-order valence-electron chi connectivity index (χ1n) is 6.68. The van der Waals surface area contributed by atoms with E-state index in [1.54, 1.807) is 0 Å². The maximum atomic E-state index is 12.0. The second-order valence-electron chi connectivity index (χ2n) is 4.87. The number of hydrogen-bond donors (Lipinski definition) is 1. The molecule has 0 saturated heterocycles. The van der Waals surface area contributed by atoms with Gasteiger partial charge >= 0.3 is 0 Å².